The van der Waals surface area contributed by atoms with E-state index in [9.17, 15) is 9.59 Å². The van der Waals surface area contributed by atoms with E-state index in [-0.39, 0.29) is 21.8 Å². The molecule has 0 aliphatic heterocycles. The fourth-order valence-corrected chi connectivity index (χ4v) is 2.25. The van der Waals surface area contributed by atoms with E-state index in [0.717, 1.165) is 0 Å². The Morgan fingerprint density at radius 2 is 1.77 bits per heavy atom. The van der Waals surface area contributed by atoms with Crippen LogP contribution in [0.5, 0.6) is 0 Å². The van der Waals surface area contributed by atoms with Crippen molar-refractivity contribution in [2.75, 3.05) is 14.2 Å². The first kappa shape index (κ1) is 16.3. The predicted octanol–water partition coefficient (Wildman–Crippen LogP) is 3.63. The average Bonchev–Trinajstić information content (AvgIpc) is 2.55. The predicted molar refractivity (Wildman–Crippen MR) is 82.4 cm³/mol. The number of methoxy groups -OCH3 is 2. The molecule has 0 bridgehead atoms. The standard InChI is InChI=1S/C15H11Cl2NO4/c1-21-14(19)8-6-10(15(20)22-2)13(18-7-8)9-4-3-5-11(16)12(9)17/h3-7H,1-2H3. The smallest absolute Gasteiger partial charge is 0.340 e. The van der Waals surface area contributed by atoms with Crippen LogP contribution in [-0.2, 0) is 9.47 Å². The van der Waals surface area contributed by atoms with Gasteiger partial charge in [-0.3, -0.25) is 4.98 Å². The quantitative estimate of drug-likeness (QED) is 0.799. The first-order valence-corrected chi connectivity index (χ1v) is 6.86. The van der Waals surface area contributed by atoms with E-state index in [1.807, 2.05) is 0 Å². The van der Waals surface area contributed by atoms with Gasteiger partial charge in [-0.2, -0.15) is 0 Å². The number of ether oxygens (including phenoxy) is 2. The fourth-order valence-electron chi connectivity index (χ4n) is 1.86. The third-order valence-electron chi connectivity index (χ3n) is 2.92. The highest BCUT2D eigenvalue weighted by atomic mass is 35.5. The van der Waals surface area contributed by atoms with E-state index in [1.54, 1.807) is 18.2 Å². The Kier molecular flexibility index (Phi) is 5.00. The highest BCUT2D eigenvalue weighted by Gasteiger charge is 2.20. The van der Waals surface area contributed by atoms with Crippen molar-refractivity contribution >= 4 is 35.1 Å². The molecule has 0 saturated heterocycles. The van der Waals surface area contributed by atoms with Crippen molar-refractivity contribution < 1.29 is 19.1 Å². The highest BCUT2D eigenvalue weighted by Crippen LogP contribution is 2.34. The number of benzene rings is 1. The van der Waals surface area contributed by atoms with Crippen molar-refractivity contribution in [3.05, 3.63) is 51.6 Å². The number of hydrogen-bond acceptors (Lipinski definition) is 5. The van der Waals surface area contributed by atoms with Crippen LogP contribution in [0.15, 0.2) is 30.5 Å². The molecular weight excluding hydrogens is 329 g/mol. The maximum Gasteiger partial charge on any atom is 0.340 e. The molecule has 1 aromatic carbocycles. The number of nitrogens with zero attached hydrogens (tertiary/aromatic N) is 1. The molecule has 0 atom stereocenters. The molecule has 0 unspecified atom stereocenters. The number of aromatic nitrogens is 1. The highest BCUT2D eigenvalue weighted by molar-refractivity contribution is 6.43. The van der Waals surface area contributed by atoms with Crippen molar-refractivity contribution in [3.63, 3.8) is 0 Å². The summed E-state index contributed by atoms with van der Waals surface area (Å²) in [6, 6.07) is 6.31. The molecule has 1 heterocycles. The van der Waals surface area contributed by atoms with Crippen molar-refractivity contribution in [1.29, 1.82) is 0 Å². The monoisotopic (exact) mass is 339 g/mol. The molecule has 0 aliphatic rings. The number of carbonyl (C=O) groups excluding carboxylic acids is 2. The van der Waals surface area contributed by atoms with E-state index >= 15 is 0 Å². The minimum Gasteiger partial charge on any atom is -0.465 e. The molecule has 5 nitrogen and oxygen atoms in total. The molecule has 22 heavy (non-hydrogen) atoms. The van der Waals surface area contributed by atoms with Gasteiger partial charge in [0.1, 0.15) is 0 Å². The first-order valence-electron chi connectivity index (χ1n) is 6.10. The van der Waals surface area contributed by atoms with Gasteiger partial charge in [0, 0.05) is 11.8 Å². The van der Waals surface area contributed by atoms with Gasteiger partial charge < -0.3 is 9.47 Å². The van der Waals surface area contributed by atoms with Crippen molar-refractivity contribution in [2.45, 2.75) is 0 Å². The third-order valence-corrected chi connectivity index (χ3v) is 3.74. The lowest BCUT2D eigenvalue weighted by molar-refractivity contribution is 0.0599. The number of halogens is 2. The molecule has 0 saturated carbocycles. The number of carbonyl (C=O) groups is 2. The Morgan fingerprint density at radius 1 is 1.09 bits per heavy atom. The molecule has 0 N–H and O–H groups in total. The maximum atomic E-state index is 12.0. The number of rotatable bonds is 3. The van der Waals surface area contributed by atoms with Crippen molar-refractivity contribution in [2.24, 2.45) is 0 Å². The summed E-state index contributed by atoms with van der Waals surface area (Å²) in [5, 5.41) is 0.585. The zero-order valence-electron chi connectivity index (χ0n) is 11.7. The van der Waals surface area contributed by atoms with Crippen LogP contribution >= 0.6 is 23.2 Å². The third kappa shape index (κ3) is 3.05. The summed E-state index contributed by atoms with van der Waals surface area (Å²) in [5.74, 6) is -1.26. The fraction of sp³-hybridized carbons (Fsp3) is 0.133. The van der Waals surface area contributed by atoms with Gasteiger partial charge in [-0.15, -0.1) is 0 Å². The van der Waals surface area contributed by atoms with Crippen LogP contribution in [-0.4, -0.2) is 31.1 Å². The second-order valence-electron chi connectivity index (χ2n) is 4.20. The molecule has 2 rings (SSSR count). The second kappa shape index (κ2) is 6.77. The van der Waals surface area contributed by atoms with Gasteiger partial charge >= 0.3 is 11.9 Å². The zero-order valence-corrected chi connectivity index (χ0v) is 13.2. The van der Waals surface area contributed by atoms with Crippen LogP contribution in [0.25, 0.3) is 11.3 Å². The van der Waals surface area contributed by atoms with E-state index in [2.05, 4.69) is 9.72 Å². The summed E-state index contributed by atoms with van der Waals surface area (Å²) in [4.78, 5) is 27.7. The molecule has 0 aliphatic carbocycles. The number of hydrogen-bond donors (Lipinski definition) is 0. The Balaban J connectivity index is 2.67. The van der Waals surface area contributed by atoms with Gasteiger partial charge in [-0.1, -0.05) is 35.3 Å². The van der Waals surface area contributed by atoms with Crippen molar-refractivity contribution in [3.8, 4) is 11.3 Å². The van der Waals surface area contributed by atoms with Crippen LogP contribution in [0.4, 0.5) is 0 Å². The summed E-state index contributed by atoms with van der Waals surface area (Å²) in [5.41, 5.74) is 0.956. The Morgan fingerprint density at radius 3 is 2.41 bits per heavy atom. The van der Waals surface area contributed by atoms with Gasteiger partial charge in [-0.05, 0) is 12.1 Å². The molecule has 0 spiro atoms. The lowest BCUT2D eigenvalue weighted by Crippen LogP contribution is -2.10. The number of pyridine rings is 1. The molecule has 1 aromatic heterocycles. The Bertz CT molecular complexity index is 746. The van der Waals surface area contributed by atoms with Crippen molar-refractivity contribution in [1.82, 2.24) is 4.98 Å². The number of esters is 2. The lowest BCUT2D eigenvalue weighted by Gasteiger charge is -2.11. The molecule has 2 aromatic rings. The second-order valence-corrected chi connectivity index (χ2v) is 4.99. The summed E-state index contributed by atoms with van der Waals surface area (Å²) < 4.78 is 9.34. The van der Waals surface area contributed by atoms with Gasteiger partial charge in [-0.25, -0.2) is 9.59 Å². The molecule has 0 amide bonds. The lowest BCUT2D eigenvalue weighted by atomic mass is 10.0. The SMILES string of the molecule is COC(=O)c1cnc(-c2cccc(Cl)c2Cl)c(C(=O)OC)c1. The van der Waals surface area contributed by atoms with Crippen LogP contribution < -0.4 is 0 Å². The molecule has 114 valence electrons. The topological polar surface area (TPSA) is 65.5 Å². The van der Waals surface area contributed by atoms with Gasteiger partial charge in [0.15, 0.2) is 0 Å². The largest absolute Gasteiger partial charge is 0.465 e. The molecule has 0 radical (unpaired) electrons. The summed E-state index contributed by atoms with van der Waals surface area (Å²) >= 11 is 12.1. The zero-order chi connectivity index (χ0) is 16.3. The molecule has 0 fully saturated rings. The summed E-state index contributed by atoms with van der Waals surface area (Å²) in [6.45, 7) is 0. The minimum atomic E-state index is -0.649. The average molecular weight is 340 g/mol. The minimum absolute atomic E-state index is 0.0922. The van der Waals surface area contributed by atoms with Crippen LogP contribution in [0.3, 0.4) is 0 Å². The summed E-state index contributed by atoms with van der Waals surface area (Å²) in [6.07, 6.45) is 1.30. The maximum absolute atomic E-state index is 12.0. The van der Waals surface area contributed by atoms with E-state index in [1.165, 1.54) is 26.5 Å². The Hall–Kier alpha value is -2.11. The molecular formula is C15H11Cl2NO4. The Labute approximate surface area is 136 Å². The van der Waals surface area contributed by atoms with Gasteiger partial charge in [0.2, 0.25) is 0 Å². The van der Waals surface area contributed by atoms with Crippen LogP contribution in [0.2, 0.25) is 10.0 Å². The normalized spacial score (nSPS) is 10.2. The van der Waals surface area contributed by atoms with E-state index in [4.69, 9.17) is 27.9 Å². The van der Waals surface area contributed by atoms with E-state index < -0.39 is 11.9 Å². The van der Waals surface area contributed by atoms with Crippen LogP contribution in [0, 0.1) is 0 Å². The first-order chi connectivity index (χ1) is 10.5. The van der Waals surface area contributed by atoms with Crippen LogP contribution in [0.1, 0.15) is 20.7 Å². The summed E-state index contributed by atoms with van der Waals surface area (Å²) in [7, 11) is 2.47. The van der Waals surface area contributed by atoms with Gasteiger partial charge in [0.25, 0.3) is 0 Å². The molecule has 7 heteroatoms. The van der Waals surface area contributed by atoms with Gasteiger partial charge in [0.05, 0.1) is 41.1 Å². The van der Waals surface area contributed by atoms with E-state index in [0.29, 0.717) is 10.6 Å².